The summed E-state index contributed by atoms with van der Waals surface area (Å²) in [6, 6.07) is 3.43. The number of hydrogen-bond donors (Lipinski definition) is 2. The number of nitrogens with zero attached hydrogens (tertiary/aromatic N) is 5. The molecule has 0 fully saturated rings. The van der Waals surface area contributed by atoms with E-state index in [0.29, 0.717) is 17.0 Å². The standard InChI is InChI=1S/C16H15F2N7/c1-23-7-11(5-21-23)15-16-14(8-24(19)9-20-16)25(22-15)6-10-2-12(17)4-13(18)3-10/h2-5,7-9,22H,6,19H2,1H3. The zero-order valence-electron chi connectivity index (χ0n) is 13.3. The minimum atomic E-state index is -0.619. The number of aromatic nitrogens is 2. The van der Waals surface area contributed by atoms with Gasteiger partial charge in [-0.2, -0.15) is 5.10 Å². The van der Waals surface area contributed by atoms with Crippen molar-refractivity contribution < 1.29 is 8.78 Å². The molecule has 2 aliphatic rings. The van der Waals surface area contributed by atoms with E-state index in [9.17, 15) is 8.78 Å². The van der Waals surface area contributed by atoms with Crippen molar-refractivity contribution >= 4 is 12.0 Å². The van der Waals surface area contributed by atoms with Crippen LogP contribution in [-0.2, 0) is 13.6 Å². The highest BCUT2D eigenvalue weighted by molar-refractivity contribution is 5.77. The number of halogens is 2. The van der Waals surface area contributed by atoms with Crippen LogP contribution in [0.4, 0.5) is 8.78 Å². The molecule has 25 heavy (non-hydrogen) atoms. The van der Waals surface area contributed by atoms with Crippen LogP contribution in [0.5, 0.6) is 0 Å². The number of aliphatic imine (C=N–C) groups is 1. The quantitative estimate of drug-likeness (QED) is 0.825. The van der Waals surface area contributed by atoms with Gasteiger partial charge in [-0.1, -0.05) is 0 Å². The maximum atomic E-state index is 13.5. The first-order valence-electron chi connectivity index (χ1n) is 7.51. The monoisotopic (exact) mass is 343 g/mol. The van der Waals surface area contributed by atoms with Crippen LogP contribution in [0.2, 0.25) is 0 Å². The molecule has 128 valence electrons. The molecule has 0 radical (unpaired) electrons. The van der Waals surface area contributed by atoms with Gasteiger partial charge in [-0.3, -0.25) is 20.1 Å². The Balaban J connectivity index is 1.69. The van der Waals surface area contributed by atoms with E-state index in [-0.39, 0.29) is 6.54 Å². The molecule has 4 rings (SSSR count). The minimum absolute atomic E-state index is 0.233. The largest absolute Gasteiger partial charge is 0.295 e. The van der Waals surface area contributed by atoms with Gasteiger partial charge in [0.25, 0.3) is 0 Å². The van der Waals surface area contributed by atoms with E-state index in [1.54, 1.807) is 22.1 Å². The summed E-state index contributed by atoms with van der Waals surface area (Å²) < 4.78 is 28.6. The number of nitrogens with two attached hydrogens (primary N) is 1. The topological polar surface area (TPSA) is 74.7 Å². The first-order valence-corrected chi connectivity index (χ1v) is 7.51. The molecule has 3 N–H and O–H groups in total. The Labute approximate surface area is 142 Å². The number of fused-ring (bicyclic) bond motifs is 1. The molecule has 7 nitrogen and oxygen atoms in total. The zero-order valence-corrected chi connectivity index (χ0v) is 13.3. The summed E-state index contributed by atoms with van der Waals surface area (Å²) in [7, 11) is 1.82. The third-order valence-electron chi connectivity index (χ3n) is 3.87. The predicted molar refractivity (Wildman–Crippen MR) is 87.8 cm³/mol. The molecule has 9 heteroatoms. The van der Waals surface area contributed by atoms with Crippen LogP contribution in [0, 0.1) is 11.6 Å². The Morgan fingerprint density at radius 3 is 2.64 bits per heavy atom. The third-order valence-corrected chi connectivity index (χ3v) is 3.87. The van der Waals surface area contributed by atoms with Crippen LogP contribution in [0.3, 0.4) is 0 Å². The Hall–Kier alpha value is -3.20. The Bertz CT molecular complexity index is 908. The van der Waals surface area contributed by atoms with Gasteiger partial charge in [-0.25, -0.2) is 19.6 Å². The minimum Gasteiger partial charge on any atom is -0.295 e. The molecule has 1 aromatic carbocycles. The molecule has 0 atom stereocenters. The fraction of sp³-hybridized carbons (Fsp3) is 0.125. The first kappa shape index (κ1) is 15.3. The van der Waals surface area contributed by atoms with Crippen molar-refractivity contribution in [2.24, 2.45) is 17.9 Å². The lowest BCUT2D eigenvalue weighted by Gasteiger charge is -2.24. The van der Waals surface area contributed by atoms with Crippen molar-refractivity contribution in [2.45, 2.75) is 6.54 Å². The Morgan fingerprint density at radius 1 is 1.20 bits per heavy atom. The van der Waals surface area contributed by atoms with Crippen LogP contribution in [0.25, 0.3) is 5.70 Å². The van der Waals surface area contributed by atoms with Crippen molar-refractivity contribution in [2.75, 3.05) is 0 Å². The number of hydrogen-bond acceptors (Lipinski definition) is 6. The predicted octanol–water partition coefficient (Wildman–Crippen LogP) is 1.45. The van der Waals surface area contributed by atoms with E-state index < -0.39 is 11.6 Å². The number of aryl methyl sites for hydroxylation is 1. The number of benzene rings is 1. The molecule has 3 heterocycles. The molecular weight excluding hydrogens is 328 g/mol. The smallest absolute Gasteiger partial charge is 0.126 e. The summed E-state index contributed by atoms with van der Waals surface area (Å²) in [5.41, 5.74) is 6.69. The summed E-state index contributed by atoms with van der Waals surface area (Å²) in [5.74, 6) is 4.54. The second kappa shape index (κ2) is 5.71. The van der Waals surface area contributed by atoms with Crippen LogP contribution < -0.4 is 11.3 Å². The number of hydrazine groups is 2. The number of rotatable bonds is 3. The molecule has 0 bridgehead atoms. The highest BCUT2D eigenvalue weighted by Gasteiger charge is 2.30. The van der Waals surface area contributed by atoms with E-state index in [1.807, 2.05) is 13.2 Å². The lowest BCUT2D eigenvalue weighted by atomic mass is 10.2. The van der Waals surface area contributed by atoms with E-state index in [4.69, 9.17) is 5.84 Å². The third kappa shape index (κ3) is 2.85. The second-order valence-corrected chi connectivity index (χ2v) is 5.81. The highest BCUT2D eigenvalue weighted by atomic mass is 19.1. The van der Waals surface area contributed by atoms with Crippen LogP contribution in [0.15, 0.2) is 53.2 Å². The summed E-state index contributed by atoms with van der Waals surface area (Å²) in [6.45, 7) is 0.233. The van der Waals surface area contributed by atoms with Gasteiger partial charge in [-0.05, 0) is 17.7 Å². The maximum absolute atomic E-state index is 13.5. The lowest BCUT2D eigenvalue weighted by Crippen LogP contribution is -2.33. The SMILES string of the molecule is Cn1cc(C2=C3N=CN(N)C=C3N(Cc3cc(F)cc(F)c3)N2)cn1. The van der Waals surface area contributed by atoms with E-state index in [1.165, 1.54) is 23.5 Å². The van der Waals surface area contributed by atoms with E-state index in [0.717, 1.165) is 17.3 Å². The normalized spacial score (nSPS) is 16.2. The molecular formula is C16H15F2N7. The molecule has 0 aliphatic carbocycles. The van der Waals surface area contributed by atoms with Crippen LogP contribution in [-0.4, -0.2) is 26.1 Å². The fourth-order valence-corrected chi connectivity index (χ4v) is 2.83. The van der Waals surface area contributed by atoms with Gasteiger partial charge in [0.05, 0.1) is 18.4 Å². The Kier molecular flexibility index (Phi) is 3.50. The van der Waals surface area contributed by atoms with Gasteiger partial charge in [0, 0.05) is 31.1 Å². The molecule has 0 saturated heterocycles. The summed E-state index contributed by atoms with van der Waals surface area (Å²) >= 11 is 0. The van der Waals surface area contributed by atoms with Gasteiger partial charge in [0.1, 0.15) is 29.4 Å². The van der Waals surface area contributed by atoms with Crippen LogP contribution >= 0.6 is 0 Å². The summed E-state index contributed by atoms with van der Waals surface area (Å²) in [6.07, 6.45) is 6.74. The average Bonchev–Trinajstić information content (AvgIpc) is 3.10. The van der Waals surface area contributed by atoms with Gasteiger partial charge in [-0.15, -0.1) is 0 Å². The van der Waals surface area contributed by atoms with Crippen molar-refractivity contribution in [3.8, 4) is 0 Å². The zero-order chi connectivity index (χ0) is 17.6. The van der Waals surface area contributed by atoms with E-state index in [2.05, 4.69) is 15.5 Å². The first-order chi connectivity index (χ1) is 12.0. The van der Waals surface area contributed by atoms with Crippen LogP contribution in [0.1, 0.15) is 11.1 Å². The van der Waals surface area contributed by atoms with Gasteiger partial charge in [0.2, 0.25) is 0 Å². The lowest BCUT2D eigenvalue weighted by molar-refractivity contribution is 0.301. The maximum Gasteiger partial charge on any atom is 0.126 e. The van der Waals surface area contributed by atoms with Crippen molar-refractivity contribution in [3.05, 3.63) is 70.9 Å². The summed E-state index contributed by atoms with van der Waals surface area (Å²) in [5, 5.41) is 7.23. The fourth-order valence-electron chi connectivity index (χ4n) is 2.83. The molecule has 0 saturated carbocycles. The number of nitrogens with one attached hydrogen (secondary N) is 1. The van der Waals surface area contributed by atoms with Gasteiger partial charge in [0.15, 0.2) is 0 Å². The molecule has 0 amide bonds. The molecule has 0 spiro atoms. The van der Waals surface area contributed by atoms with Gasteiger partial charge < -0.3 is 0 Å². The van der Waals surface area contributed by atoms with E-state index >= 15 is 0 Å². The molecule has 2 aliphatic heterocycles. The second-order valence-electron chi connectivity index (χ2n) is 5.81. The highest BCUT2D eigenvalue weighted by Crippen LogP contribution is 2.33. The van der Waals surface area contributed by atoms with Crippen molar-refractivity contribution in [3.63, 3.8) is 0 Å². The average molecular weight is 343 g/mol. The Morgan fingerprint density at radius 2 is 1.96 bits per heavy atom. The molecule has 0 unspecified atom stereocenters. The molecule has 2 aromatic rings. The molecule has 1 aromatic heterocycles. The summed E-state index contributed by atoms with van der Waals surface area (Å²) in [4.78, 5) is 4.36. The van der Waals surface area contributed by atoms with Gasteiger partial charge >= 0.3 is 0 Å². The van der Waals surface area contributed by atoms with Crippen molar-refractivity contribution in [1.82, 2.24) is 25.2 Å². The van der Waals surface area contributed by atoms with Crippen molar-refractivity contribution in [1.29, 1.82) is 0 Å².